The second kappa shape index (κ2) is 5.77. The number of fused-ring (bicyclic) bond motifs is 3. The van der Waals surface area contributed by atoms with Gasteiger partial charge in [0.05, 0.1) is 5.69 Å². The summed E-state index contributed by atoms with van der Waals surface area (Å²) < 4.78 is 6.45. The molecule has 2 nitrogen and oxygen atoms in total. The highest BCUT2D eigenvalue weighted by Crippen LogP contribution is 2.57. The van der Waals surface area contributed by atoms with Crippen LogP contribution in [0.25, 0.3) is 21.9 Å². The topological polar surface area (TPSA) is 16.4 Å². The molecule has 1 aliphatic heterocycles. The van der Waals surface area contributed by atoms with Crippen LogP contribution in [0.3, 0.4) is 0 Å². The van der Waals surface area contributed by atoms with E-state index < -0.39 is 0 Å². The highest BCUT2D eigenvalue weighted by molar-refractivity contribution is 6.09. The summed E-state index contributed by atoms with van der Waals surface area (Å²) in [5.41, 5.74) is 5.33. The second-order valence-corrected chi connectivity index (χ2v) is 9.66. The number of para-hydroxylation sites is 1. The quantitative estimate of drug-likeness (QED) is 0.455. The van der Waals surface area contributed by atoms with Gasteiger partial charge in [0, 0.05) is 22.4 Å². The van der Waals surface area contributed by atoms with Crippen LogP contribution in [0.1, 0.15) is 64.9 Å². The Bertz CT molecular complexity index is 1010. The Morgan fingerprint density at radius 1 is 0.963 bits per heavy atom. The summed E-state index contributed by atoms with van der Waals surface area (Å²) in [5, 5.41) is 2.48. The van der Waals surface area contributed by atoms with Crippen LogP contribution in [-0.4, -0.2) is 11.6 Å². The monoisotopic (exact) mass is 361 g/mol. The molecule has 1 aliphatic carbocycles. The van der Waals surface area contributed by atoms with Gasteiger partial charge in [-0.25, -0.2) is 0 Å². The van der Waals surface area contributed by atoms with E-state index >= 15 is 0 Å². The van der Waals surface area contributed by atoms with E-state index in [1.807, 2.05) is 0 Å². The summed E-state index contributed by atoms with van der Waals surface area (Å²) in [5.74, 6) is 0. The first-order valence-electron chi connectivity index (χ1n) is 10.6. The van der Waals surface area contributed by atoms with Crippen LogP contribution in [-0.2, 0) is 0 Å². The number of furan rings is 1. The summed E-state index contributed by atoms with van der Waals surface area (Å²) in [7, 11) is 0. The largest absolute Gasteiger partial charge is 0.454 e. The number of benzene rings is 2. The highest BCUT2D eigenvalue weighted by atomic mass is 16.3. The van der Waals surface area contributed by atoms with Crippen molar-refractivity contribution in [2.75, 3.05) is 4.90 Å². The van der Waals surface area contributed by atoms with E-state index in [9.17, 15) is 0 Å². The Morgan fingerprint density at radius 3 is 2.48 bits per heavy atom. The van der Waals surface area contributed by atoms with Crippen LogP contribution < -0.4 is 4.90 Å². The van der Waals surface area contributed by atoms with Crippen LogP contribution in [0.5, 0.6) is 0 Å². The minimum absolute atomic E-state index is 0.148. The second-order valence-electron chi connectivity index (χ2n) is 9.66. The van der Waals surface area contributed by atoms with Gasteiger partial charge in [0.2, 0.25) is 0 Å². The maximum Gasteiger partial charge on any atom is 0.158 e. The van der Waals surface area contributed by atoms with Gasteiger partial charge >= 0.3 is 0 Å². The van der Waals surface area contributed by atoms with Crippen molar-refractivity contribution in [1.29, 1.82) is 0 Å². The van der Waals surface area contributed by atoms with Crippen molar-refractivity contribution in [2.24, 2.45) is 5.41 Å². The molecule has 2 fully saturated rings. The third kappa shape index (κ3) is 2.38. The molecule has 2 aliphatic rings. The predicted molar refractivity (Wildman–Crippen MR) is 115 cm³/mol. The molecule has 1 spiro atoms. The molecule has 0 N–H and O–H groups in total. The molecule has 5 rings (SSSR count). The van der Waals surface area contributed by atoms with Crippen molar-refractivity contribution in [3.8, 4) is 0 Å². The van der Waals surface area contributed by atoms with Crippen LogP contribution in [0, 0.1) is 12.3 Å². The fourth-order valence-corrected chi connectivity index (χ4v) is 6.41. The average Bonchev–Trinajstić information content (AvgIpc) is 3.10. The number of hydrogen-bond donors (Lipinski definition) is 0. The lowest BCUT2D eigenvalue weighted by atomic mass is 9.68. The van der Waals surface area contributed by atoms with Crippen LogP contribution >= 0.6 is 0 Å². The molecule has 1 saturated heterocycles. The lowest BCUT2D eigenvalue weighted by molar-refractivity contribution is 0.170. The Hall–Kier alpha value is -1.96. The Labute approximate surface area is 162 Å². The molecule has 1 aromatic heterocycles. The predicted octanol–water partition coefficient (Wildman–Crippen LogP) is 7.22. The first kappa shape index (κ1) is 17.2. The molecule has 2 heteroatoms. The lowest BCUT2D eigenvalue weighted by Crippen LogP contribution is -2.44. The maximum absolute atomic E-state index is 6.45. The van der Waals surface area contributed by atoms with E-state index in [1.54, 1.807) is 0 Å². The molecular formula is C25H31NO. The molecule has 27 heavy (non-hydrogen) atoms. The molecule has 1 saturated carbocycles. The van der Waals surface area contributed by atoms with E-state index in [2.05, 4.69) is 69.0 Å². The number of hydrogen-bond acceptors (Lipinski definition) is 2. The molecule has 0 bridgehead atoms. The van der Waals surface area contributed by atoms with E-state index in [-0.39, 0.29) is 5.54 Å². The number of rotatable bonds is 1. The van der Waals surface area contributed by atoms with Gasteiger partial charge in [-0.3, -0.25) is 0 Å². The molecule has 1 atom stereocenters. The first-order chi connectivity index (χ1) is 12.9. The minimum Gasteiger partial charge on any atom is -0.454 e. The third-order valence-electron chi connectivity index (χ3n) is 7.52. The summed E-state index contributed by atoms with van der Waals surface area (Å²) >= 11 is 0. The molecule has 3 aromatic rings. The summed E-state index contributed by atoms with van der Waals surface area (Å²) in [4.78, 5) is 2.72. The fraction of sp³-hybridized carbons (Fsp3) is 0.520. The first-order valence-corrected chi connectivity index (χ1v) is 10.6. The van der Waals surface area contributed by atoms with Crippen molar-refractivity contribution < 1.29 is 4.42 Å². The normalized spacial score (nSPS) is 24.3. The third-order valence-corrected chi connectivity index (χ3v) is 7.52. The van der Waals surface area contributed by atoms with E-state index in [0.29, 0.717) is 11.5 Å². The van der Waals surface area contributed by atoms with Gasteiger partial charge in [-0.05, 0) is 64.0 Å². The highest BCUT2D eigenvalue weighted by Gasteiger charge is 2.54. The van der Waals surface area contributed by atoms with Crippen molar-refractivity contribution in [3.05, 3.63) is 42.0 Å². The molecule has 2 aromatic carbocycles. The molecule has 0 amide bonds. The van der Waals surface area contributed by atoms with Gasteiger partial charge in [0.25, 0.3) is 0 Å². The number of nitrogens with zero attached hydrogens (tertiary/aromatic N) is 1. The Balaban J connectivity index is 1.73. The lowest BCUT2D eigenvalue weighted by Gasteiger charge is -2.41. The van der Waals surface area contributed by atoms with E-state index in [4.69, 9.17) is 4.42 Å². The summed E-state index contributed by atoms with van der Waals surface area (Å²) in [6, 6.07) is 13.5. The zero-order chi connectivity index (χ0) is 18.8. The number of aryl methyl sites for hydroxylation is 1. The van der Waals surface area contributed by atoms with Gasteiger partial charge in [0.15, 0.2) is 5.58 Å². The molecule has 142 valence electrons. The molecule has 0 unspecified atom stereocenters. The SMILES string of the molecule is Cc1ccc2c(oc3ccccc32)c1N1[C@@H](C)C2(CCCCC2)CC1(C)C. The van der Waals surface area contributed by atoms with Crippen molar-refractivity contribution in [2.45, 2.75) is 77.8 Å². The van der Waals surface area contributed by atoms with Crippen LogP contribution in [0.15, 0.2) is 40.8 Å². The van der Waals surface area contributed by atoms with E-state index in [0.717, 1.165) is 11.2 Å². The Kier molecular flexibility index (Phi) is 3.67. The van der Waals surface area contributed by atoms with Crippen molar-refractivity contribution in [1.82, 2.24) is 0 Å². The van der Waals surface area contributed by atoms with E-state index in [1.165, 1.54) is 60.5 Å². The van der Waals surface area contributed by atoms with Crippen LogP contribution in [0.4, 0.5) is 5.69 Å². The van der Waals surface area contributed by atoms with Gasteiger partial charge in [0.1, 0.15) is 5.58 Å². The number of anilines is 1. The van der Waals surface area contributed by atoms with Crippen molar-refractivity contribution in [3.63, 3.8) is 0 Å². The molecular weight excluding hydrogens is 330 g/mol. The summed E-state index contributed by atoms with van der Waals surface area (Å²) in [6.07, 6.45) is 8.24. The molecule has 0 radical (unpaired) electrons. The standard InChI is InChI=1S/C25H31NO/c1-17-12-13-20-19-10-6-7-11-21(19)27-23(20)22(17)26-18(2)25(16-24(26,3)4)14-8-5-9-15-25/h6-7,10-13,18H,5,8-9,14-16H2,1-4H3/t18-/m0/s1. The average molecular weight is 362 g/mol. The van der Waals surface area contributed by atoms with Crippen molar-refractivity contribution >= 4 is 27.6 Å². The Morgan fingerprint density at radius 2 is 1.70 bits per heavy atom. The fourth-order valence-electron chi connectivity index (χ4n) is 6.41. The zero-order valence-electron chi connectivity index (χ0n) is 17.1. The van der Waals surface area contributed by atoms with Gasteiger partial charge < -0.3 is 9.32 Å². The minimum atomic E-state index is 0.148. The summed E-state index contributed by atoms with van der Waals surface area (Å²) in [6.45, 7) is 9.60. The maximum atomic E-state index is 6.45. The van der Waals surface area contributed by atoms with Gasteiger partial charge in [-0.15, -0.1) is 0 Å². The van der Waals surface area contributed by atoms with Crippen LogP contribution in [0.2, 0.25) is 0 Å². The smallest absolute Gasteiger partial charge is 0.158 e. The molecule has 2 heterocycles. The zero-order valence-corrected chi connectivity index (χ0v) is 17.1. The van der Waals surface area contributed by atoms with Gasteiger partial charge in [-0.2, -0.15) is 0 Å². The van der Waals surface area contributed by atoms with Gasteiger partial charge in [-0.1, -0.05) is 49.6 Å².